The molecule has 1 unspecified atom stereocenters. The number of thioether (sulfide) groups is 1. The Morgan fingerprint density at radius 3 is 3.00 bits per heavy atom. The van der Waals surface area contributed by atoms with Gasteiger partial charge in [0, 0.05) is 24.5 Å². The Labute approximate surface area is 134 Å². The molecule has 2 rings (SSSR count). The number of carbonyl (C=O) groups excluding carboxylic acids is 1. The van der Waals surface area contributed by atoms with Crippen LogP contribution in [0.5, 0.6) is 0 Å². The van der Waals surface area contributed by atoms with Crippen LogP contribution in [0.4, 0.5) is 4.79 Å². The number of nitrogens with zero attached hydrogens (tertiary/aromatic N) is 3. The van der Waals surface area contributed by atoms with E-state index in [-0.39, 0.29) is 17.4 Å². The van der Waals surface area contributed by atoms with Crippen LogP contribution in [0.15, 0.2) is 17.3 Å². The second-order valence-electron chi connectivity index (χ2n) is 5.94. The van der Waals surface area contributed by atoms with Gasteiger partial charge in [-0.1, -0.05) is 0 Å². The maximum Gasteiger partial charge on any atom is 0.410 e. The first-order valence-corrected chi connectivity index (χ1v) is 8.32. The third kappa shape index (κ3) is 5.04. The van der Waals surface area contributed by atoms with Gasteiger partial charge in [-0.15, -0.1) is 11.8 Å². The van der Waals surface area contributed by atoms with Gasteiger partial charge in [0.05, 0.1) is 0 Å². The van der Waals surface area contributed by atoms with Gasteiger partial charge in [-0.25, -0.2) is 14.8 Å². The molecule has 1 aromatic heterocycles. The zero-order valence-electron chi connectivity index (χ0n) is 12.5. The van der Waals surface area contributed by atoms with Gasteiger partial charge in [0.15, 0.2) is 0 Å². The maximum atomic E-state index is 12.2. The fourth-order valence-electron chi connectivity index (χ4n) is 2.15. The fourth-order valence-corrected chi connectivity index (χ4v) is 3.37. The average molecular weight is 330 g/mol. The van der Waals surface area contributed by atoms with E-state index in [1.807, 2.05) is 31.7 Å². The molecule has 1 aromatic rings. The van der Waals surface area contributed by atoms with Crippen molar-refractivity contribution in [3.8, 4) is 0 Å². The van der Waals surface area contributed by atoms with Gasteiger partial charge in [-0.05, 0) is 51.3 Å². The highest BCUT2D eigenvalue weighted by Crippen LogP contribution is 2.26. The molecule has 7 heteroatoms. The molecular weight excluding hydrogens is 310 g/mol. The van der Waals surface area contributed by atoms with Gasteiger partial charge in [0.1, 0.15) is 10.6 Å². The minimum atomic E-state index is -0.461. The van der Waals surface area contributed by atoms with Crippen molar-refractivity contribution in [3.05, 3.63) is 17.5 Å². The van der Waals surface area contributed by atoms with E-state index in [2.05, 4.69) is 9.97 Å². The van der Waals surface area contributed by atoms with Gasteiger partial charge in [-0.2, -0.15) is 0 Å². The first-order valence-electron chi connectivity index (χ1n) is 6.96. The highest BCUT2D eigenvalue weighted by atomic mass is 35.5. The number of hydrogen-bond acceptors (Lipinski definition) is 5. The van der Waals surface area contributed by atoms with Gasteiger partial charge in [0.25, 0.3) is 0 Å². The van der Waals surface area contributed by atoms with Crippen molar-refractivity contribution in [1.29, 1.82) is 0 Å². The first kappa shape index (κ1) is 16.4. The number of ether oxygens (including phenoxy) is 1. The minimum Gasteiger partial charge on any atom is -0.444 e. The molecule has 1 aliphatic heterocycles. The summed E-state index contributed by atoms with van der Waals surface area (Å²) < 4.78 is 5.45. The lowest BCUT2D eigenvalue weighted by Crippen LogP contribution is -2.40. The van der Waals surface area contributed by atoms with E-state index >= 15 is 0 Å². The van der Waals surface area contributed by atoms with Crippen LogP contribution in [0.1, 0.15) is 33.6 Å². The first-order chi connectivity index (χ1) is 9.85. The third-order valence-electron chi connectivity index (χ3n) is 3.03. The Bertz CT molecular complexity index is 507. The highest BCUT2D eigenvalue weighted by molar-refractivity contribution is 7.99. The molecule has 0 spiro atoms. The van der Waals surface area contributed by atoms with Gasteiger partial charge < -0.3 is 9.64 Å². The quantitative estimate of drug-likeness (QED) is 0.481. The predicted molar refractivity (Wildman–Crippen MR) is 83.7 cm³/mol. The normalized spacial score (nSPS) is 18.9. The second kappa shape index (κ2) is 6.83. The zero-order chi connectivity index (χ0) is 15.5. The van der Waals surface area contributed by atoms with Crippen LogP contribution in [0.2, 0.25) is 5.28 Å². The number of hydrogen-bond donors (Lipinski definition) is 0. The van der Waals surface area contributed by atoms with Crippen LogP contribution in [0.25, 0.3) is 0 Å². The van der Waals surface area contributed by atoms with Crippen molar-refractivity contribution < 1.29 is 9.53 Å². The summed E-state index contributed by atoms with van der Waals surface area (Å²) in [6.45, 7) is 6.40. The summed E-state index contributed by atoms with van der Waals surface area (Å²) in [4.78, 5) is 22.0. The Morgan fingerprint density at radius 2 is 2.33 bits per heavy atom. The molecule has 1 aliphatic rings. The van der Waals surface area contributed by atoms with Crippen molar-refractivity contribution in [2.75, 3.05) is 12.3 Å². The van der Waals surface area contributed by atoms with Crippen LogP contribution in [0.3, 0.4) is 0 Å². The number of amides is 1. The molecule has 116 valence electrons. The molecule has 1 amide bonds. The maximum absolute atomic E-state index is 12.2. The Morgan fingerprint density at radius 1 is 1.57 bits per heavy atom. The van der Waals surface area contributed by atoms with E-state index < -0.39 is 5.60 Å². The Balaban J connectivity index is 1.91. The van der Waals surface area contributed by atoms with E-state index in [0.717, 1.165) is 30.2 Å². The molecule has 0 aromatic carbocycles. The summed E-state index contributed by atoms with van der Waals surface area (Å²) in [6.07, 6.45) is 3.41. The molecular formula is C14H20ClN3O2S. The lowest BCUT2D eigenvalue weighted by molar-refractivity contribution is 0.0242. The molecule has 0 bridgehead atoms. The minimum absolute atomic E-state index is 0.179. The predicted octanol–water partition coefficient (Wildman–Crippen LogP) is 3.62. The molecule has 0 N–H and O–H groups in total. The molecule has 21 heavy (non-hydrogen) atoms. The van der Waals surface area contributed by atoms with Crippen molar-refractivity contribution >= 4 is 29.5 Å². The molecule has 0 saturated carbocycles. The number of carbonyl (C=O) groups is 1. The summed E-state index contributed by atoms with van der Waals surface area (Å²) in [5.41, 5.74) is -0.461. The van der Waals surface area contributed by atoms with Crippen LogP contribution in [0, 0.1) is 0 Å². The summed E-state index contributed by atoms with van der Waals surface area (Å²) in [6, 6.07) is 2.00. The molecule has 2 heterocycles. The highest BCUT2D eigenvalue weighted by Gasteiger charge is 2.32. The van der Waals surface area contributed by atoms with E-state index in [1.54, 1.807) is 18.0 Å². The summed E-state index contributed by atoms with van der Waals surface area (Å²) >= 11 is 7.36. The second-order valence-corrected chi connectivity index (χ2v) is 7.32. The molecule has 1 saturated heterocycles. The van der Waals surface area contributed by atoms with Gasteiger partial charge in [0.2, 0.25) is 5.28 Å². The largest absolute Gasteiger partial charge is 0.444 e. The van der Waals surface area contributed by atoms with Crippen molar-refractivity contribution in [2.45, 2.75) is 50.3 Å². The lowest BCUT2D eigenvalue weighted by Gasteiger charge is -2.28. The average Bonchev–Trinajstić information content (AvgIpc) is 2.83. The summed E-state index contributed by atoms with van der Waals surface area (Å²) in [7, 11) is 0. The number of rotatable bonds is 3. The van der Waals surface area contributed by atoms with Crippen LogP contribution >= 0.6 is 23.4 Å². The van der Waals surface area contributed by atoms with Crippen LogP contribution in [-0.4, -0.2) is 44.9 Å². The molecule has 1 fully saturated rings. The van der Waals surface area contributed by atoms with E-state index in [9.17, 15) is 4.79 Å². The molecule has 0 radical (unpaired) electrons. The van der Waals surface area contributed by atoms with E-state index in [4.69, 9.17) is 16.3 Å². The van der Waals surface area contributed by atoms with Gasteiger partial charge in [-0.3, -0.25) is 0 Å². The van der Waals surface area contributed by atoms with Crippen LogP contribution < -0.4 is 0 Å². The Hall–Kier alpha value is -1.01. The van der Waals surface area contributed by atoms with E-state index in [0.29, 0.717) is 0 Å². The fraction of sp³-hybridized carbons (Fsp3) is 0.643. The Kier molecular flexibility index (Phi) is 5.32. The molecule has 5 nitrogen and oxygen atoms in total. The standard InChI is InChI=1S/C14H20ClN3O2S/c1-14(2,3)20-13(19)18-8-4-5-10(18)9-21-11-6-7-16-12(15)17-11/h6-7,10H,4-5,8-9H2,1-3H3. The lowest BCUT2D eigenvalue weighted by atomic mass is 10.2. The molecule has 1 atom stereocenters. The molecule has 0 aliphatic carbocycles. The zero-order valence-corrected chi connectivity index (χ0v) is 14.1. The SMILES string of the molecule is CC(C)(C)OC(=O)N1CCCC1CSc1ccnc(Cl)n1. The van der Waals surface area contributed by atoms with Crippen molar-refractivity contribution in [3.63, 3.8) is 0 Å². The van der Waals surface area contributed by atoms with Crippen molar-refractivity contribution in [2.24, 2.45) is 0 Å². The summed E-state index contributed by atoms with van der Waals surface area (Å²) in [5, 5.41) is 1.07. The summed E-state index contributed by atoms with van der Waals surface area (Å²) in [5.74, 6) is 0.784. The van der Waals surface area contributed by atoms with Crippen LogP contribution in [-0.2, 0) is 4.74 Å². The smallest absolute Gasteiger partial charge is 0.410 e. The topological polar surface area (TPSA) is 55.3 Å². The number of aromatic nitrogens is 2. The number of halogens is 1. The monoisotopic (exact) mass is 329 g/mol. The van der Waals surface area contributed by atoms with Gasteiger partial charge >= 0.3 is 6.09 Å². The third-order valence-corrected chi connectivity index (χ3v) is 4.29. The number of likely N-dealkylation sites (tertiary alicyclic amines) is 1. The van der Waals surface area contributed by atoms with E-state index in [1.165, 1.54) is 0 Å². The van der Waals surface area contributed by atoms with Crippen molar-refractivity contribution in [1.82, 2.24) is 14.9 Å².